The van der Waals surface area contributed by atoms with Gasteiger partial charge >= 0.3 is 0 Å². The molecule has 1 N–H and O–H groups in total. The maximum Gasteiger partial charge on any atom is 0.256 e. The first-order valence-electron chi connectivity index (χ1n) is 5.88. The van der Waals surface area contributed by atoms with Crippen LogP contribution in [-0.4, -0.2) is 42.4 Å². The number of thioether (sulfide) groups is 1. The summed E-state index contributed by atoms with van der Waals surface area (Å²) in [6, 6.07) is 5.93. The second kappa shape index (κ2) is 5.45. The Hall–Kier alpha value is -1.16. The van der Waals surface area contributed by atoms with Gasteiger partial charge in [-0.3, -0.25) is 4.79 Å². The van der Waals surface area contributed by atoms with Crippen molar-refractivity contribution in [2.75, 3.05) is 37.0 Å². The molecule has 0 aliphatic carbocycles. The number of benzene rings is 1. The van der Waals surface area contributed by atoms with Gasteiger partial charge in [-0.25, -0.2) is 0 Å². The standard InChI is InChI=1S/C13H18N2OS/c1-10-3-4-11(12(9-10)14-2)13(16)15-5-7-17-8-6-15/h3-4,9,14H,5-8H2,1-2H3. The molecule has 2 rings (SSSR count). The molecule has 0 saturated carbocycles. The summed E-state index contributed by atoms with van der Waals surface area (Å²) in [5.74, 6) is 2.24. The highest BCUT2D eigenvalue weighted by Crippen LogP contribution is 2.20. The molecule has 1 aliphatic rings. The second-order valence-electron chi connectivity index (χ2n) is 4.20. The Morgan fingerprint density at radius 1 is 1.35 bits per heavy atom. The first-order valence-corrected chi connectivity index (χ1v) is 7.03. The van der Waals surface area contributed by atoms with Crippen molar-refractivity contribution >= 4 is 23.4 Å². The number of aryl methyl sites for hydroxylation is 1. The SMILES string of the molecule is CNc1cc(C)ccc1C(=O)N1CCSCC1. The van der Waals surface area contributed by atoms with Gasteiger partial charge in [-0.1, -0.05) is 6.07 Å². The van der Waals surface area contributed by atoms with Crippen LogP contribution >= 0.6 is 11.8 Å². The first-order chi connectivity index (χ1) is 8.22. The summed E-state index contributed by atoms with van der Waals surface area (Å²) in [4.78, 5) is 14.3. The molecule has 0 aromatic heterocycles. The molecular weight excluding hydrogens is 232 g/mol. The van der Waals surface area contributed by atoms with Gasteiger partial charge in [0.25, 0.3) is 5.91 Å². The lowest BCUT2D eigenvalue weighted by Gasteiger charge is -2.27. The molecule has 0 atom stereocenters. The summed E-state index contributed by atoms with van der Waals surface area (Å²) < 4.78 is 0. The van der Waals surface area contributed by atoms with Crippen LogP contribution in [0.25, 0.3) is 0 Å². The van der Waals surface area contributed by atoms with Crippen LogP contribution in [0.15, 0.2) is 18.2 Å². The smallest absolute Gasteiger partial charge is 0.256 e. The molecule has 0 radical (unpaired) electrons. The Morgan fingerprint density at radius 3 is 2.71 bits per heavy atom. The van der Waals surface area contributed by atoms with E-state index in [-0.39, 0.29) is 5.91 Å². The number of amides is 1. The monoisotopic (exact) mass is 250 g/mol. The van der Waals surface area contributed by atoms with Crippen LogP contribution in [-0.2, 0) is 0 Å². The second-order valence-corrected chi connectivity index (χ2v) is 5.43. The molecule has 3 nitrogen and oxygen atoms in total. The third-order valence-corrected chi connectivity index (χ3v) is 3.92. The predicted octanol–water partition coefficient (Wildman–Crippen LogP) is 2.23. The van der Waals surface area contributed by atoms with Crippen molar-refractivity contribution in [2.24, 2.45) is 0 Å². The van der Waals surface area contributed by atoms with E-state index >= 15 is 0 Å². The summed E-state index contributed by atoms with van der Waals surface area (Å²) >= 11 is 1.91. The van der Waals surface area contributed by atoms with E-state index in [4.69, 9.17) is 0 Å². The van der Waals surface area contributed by atoms with Crippen LogP contribution < -0.4 is 5.32 Å². The van der Waals surface area contributed by atoms with Crippen LogP contribution in [0.1, 0.15) is 15.9 Å². The Bertz CT molecular complexity index is 414. The highest BCUT2D eigenvalue weighted by atomic mass is 32.2. The Labute approximate surface area is 107 Å². The molecule has 1 heterocycles. The van der Waals surface area contributed by atoms with Gasteiger partial charge in [0.2, 0.25) is 0 Å². The zero-order chi connectivity index (χ0) is 12.3. The number of anilines is 1. The lowest BCUT2D eigenvalue weighted by atomic mass is 10.1. The van der Waals surface area contributed by atoms with E-state index in [0.29, 0.717) is 0 Å². The Morgan fingerprint density at radius 2 is 2.06 bits per heavy atom. The number of nitrogens with one attached hydrogen (secondary N) is 1. The van der Waals surface area contributed by atoms with E-state index < -0.39 is 0 Å². The minimum absolute atomic E-state index is 0.148. The average Bonchev–Trinajstić information content (AvgIpc) is 2.39. The third kappa shape index (κ3) is 2.75. The number of hydrogen-bond acceptors (Lipinski definition) is 3. The molecule has 1 aromatic rings. The lowest BCUT2D eigenvalue weighted by Crippen LogP contribution is -2.38. The van der Waals surface area contributed by atoms with E-state index in [1.807, 2.05) is 48.8 Å². The number of rotatable bonds is 2. The van der Waals surface area contributed by atoms with Crippen LogP contribution in [0.2, 0.25) is 0 Å². The molecule has 1 aliphatic heterocycles. The summed E-state index contributed by atoms with van der Waals surface area (Å²) in [6.45, 7) is 3.76. The maximum atomic E-state index is 12.4. The van der Waals surface area contributed by atoms with Gasteiger partial charge in [-0.05, 0) is 24.6 Å². The van der Waals surface area contributed by atoms with Crippen molar-refractivity contribution in [3.05, 3.63) is 29.3 Å². The first kappa shape index (κ1) is 12.3. The number of hydrogen-bond donors (Lipinski definition) is 1. The van der Waals surface area contributed by atoms with E-state index in [2.05, 4.69) is 5.32 Å². The lowest BCUT2D eigenvalue weighted by molar-refractivity contribution is 0.0773. The summed E-state index contributed by atoms with van der Waals surface area (Å²) in [6.07, 6.45) is 0. The average molecular weight is 250 g/mol. The minimum atomic E-state index is 0.148. The van der Waals surface area contributed by atoms with Crippen LogP contribution in [0.5, 0.6) is 0 Å². The van der Waals surface area contributed by atoms with E-state index in [9.17, 15) is 4.79 Å². The van der Waals surface area contributed by atoms with E-state index in [1.165, 1.54) is 5.56 Å². The minimum Gasteiger partial charge on any atom is -0.387 e. The highest BCUT2D eigenvalue weighted by Gasteiger charge is 2.20. The van der Waals surface area contributed by atoms with Gasteiger partial charge in [-0.15, -0.1) is 0 Å². The number of carbonyl (C=O) groups is 1. The summed E-state index contributed by atoms with van der Waals surface area (Å²) in [5, 5.41) is 3.10. The van der Waals surface area contributed by atoms with Crippen molar-refractivity contribution in [3.8, 4) is 0 Å². The van der Waals surface area contributed by atoms with Gasteiger partial charge in [-0.2, -0.15) is 11.8 Å². The molecule has 17 heavy (non-hydrogen) atoms. The molecule has 0 unspecified atom stereocenters. The molecule has 4 heteroatoms. The van der Waals surface area contributed by atoms with E-state index in [1.54, 1.807) is 0 Å². The molecule has 1 aromatic carbocycles. The molecule has 0 spiro atoms. The van der Waals surface area contributed by atoms with Crippen molar-refractivity contribution in [3.63, 3.8) is 0 Å². The largest absolute Gasteiger partial charge is 0.387 e. The number of nitrogens with zero attached hydrogens (tertiary/aromatic N) is 1. The predicted molar refractivity (Wildman–Crippen MR) is 74.0 cm³/mol. The fourth-order valence-electron chi connectivity index (χ4n) is 1.99. The molecule has 92 valence electrons. The van der Waals surface area contributed by atoms with Gasteiger partial charge in [0.15, 0.2) is 0 Å². The fourth-order valence-corrected chi connectivity index (χ4v) is 2.89. The van der Waals surface area contributed by atoms with Gasteiger partial charge in [0.05, 0.1) is 5.56 Å². The topological polar surface area (TPSA) is 32.3 Å². The zero-order valence-electron chi connectivity index (χ0n) is 10.3. The third-order valence-electron chi connectivity index (χ3n) is 2.97. The highest BCUT2D eigenvalue weighted by molar-refractivity contribution is 7.99. The van der Waals surface area contributed by atoms with Crippen LogP contribution in [0, 0.1) is 6.92 Å². The van der Waals surface area contributed by atoms with Crippen molar-refractivity contribution in [2.45, 2.75) is 6.92 Å². The van der Waals surface area contributed by atoms with Crippen LogP contribution in [0.3, 0.4) is 0 Å². The van der Waals surface area contributed by atoms with Gasteiger partial charge in [0, 0.05) is 37.3 Å². The van der Waals surface area contributed by atoms with E-state index in [0.717, 1.165) is 35.8 Å². The molecule has 0 bridgehead atoms. The normalized spacial score (nSPS) is 15.8. The Balaban J connectivity index is 2.23. The van der Waals surface area contributed by atoms with Gasteiger partial charge in [0.1, 0.15) is 0 Å². The molecule has 1 amide bonds. The van der Waals surface area contributed by atoms with Crippen molar-refractivity contribution < 1.29 is 4.79 Å². The molecule has 1 saturated heterocycles. The van der Waals surface area contributed by atoms with Crippen LogP contribution in [0.4, 0.5) is 5.69 Å². The fraction of sp³-hybridized carbons (Fsp3) is 0.462. The number of carbonyl (C=O) groups excluding carboxylic acids is 1. The quantitative estimate of drug-likeness (QED) is 0.873. The molecular formula is C13H18N2OS. The molecule has 1 fully saturated rings. The zero-order valence-corrected chi connectivity index (χ0v) is 11.1. The Kier molecular flexibility index (Phi) is 3.94. The van der Waals surface area contributed by atoms with Crippen molar-refractivity contribution in [1.82, 2.24) is 4.90 Å². The van der Waals surface area contributed by atoms with Crippen molar-refractivity contribution in [1.29, 1.82) is 0 Å². The van der Waals surface area contributed by atoms with Gasteiger partial charge < -0.3 is 10.2 Å². The summed E-state index contributed by atoms with van der Waals surface area (Å²) in [7, 11) is 1.86. The summed E-state index contributed by atoms with van der Waals surface area (Å²) in [5.41, 5.74) is 2.87. The maximum absolute atomic E-state index is 12.4.